The fraction of sp³-hybridized carbons (Fsp3) is 0.300. The van der Waals surface area contributed by atoms with Crippen LogP contribution in [0.25, 0.3) is 33.0 Å². The maximum atomic E-state index is 13.3. The molecule has 9 nitrogen and oxygen atoms in total. The minimum Gasteiger partial charge on any atom is -0.464 e. The number of fused-ring (bicyclic) bond motifs is 1. The molecule has 2 aromatic carbocycles. The largest absolute Gasteiger partial charge is 0.464 e. The number of imide groups is 1. The molecule has 206 valence electrons. The van der Waals surface area contributed by atoms with Crippen molar-refractivity contribution in [2.24, 2.45) is 0 Å². The molecule has 3 aliphatic heterocycles. The van der Waals surface area contributed by atoms with Gasteiger partial charge in [-0.15, -0.1) is 12.4 Å². The van der Waals surface area contributed by atoms with Crippen molar-refractivity contribution in [3.8, 4) is 0 Å². The molecule has 0 saturated carbocycles. The Hall–Kier alpha value is -3.92. The molecule has 7 rings (SSSR count). The van der Waals surface area contributed by atoms with Gasteiger partial charge in [-0.3, -0.25) is 24.6 Å². The van der Waals surface area contributed by atoms with Crippen molar-refractivity contribution in [1.82, 2.24) is 19.7 Å². The number of furan rings is 1. The Labute approximate surface area is 236 Å². The predicted octanol–water partition coefficient (Wildman–Crippen LogP) is 3.09. The summed E-state index contributed by atoms with van der Waals surface area (Å²) in [5, 5.41) is 4.29. The van der Waals surface area contributed by atoms with Crippen LogP contribution in [0.15, 0.2) is 59.3 Å². The summed E-state index contributed by atoms with van der Waals surface area (Å²) in [7, 11) is 0. The zero-order valence-corrected chi connectivity index (χ0v) is 22.7. The molecule has 1 saturated heterocycles. The Morgan fingerprint density at radius 3 is 2.48 bits per heavy atom. The second kappa shape index (κ2) is 10.6. The molecule has 4 aromatic rings. The zero-order valence-electron chi connectivity index (χ0n) is 21.9. The normalized spacial score (nSPS) is 18.1. The summed E-state index contributed by atoms with van der Waals surface area (Å²) >= 11 is 0. The summed E-state index contributed by atoms with van der Waals surface area (Å²) in [5.41, 5.74) is 4.71. The van der Waals surface area contributed by atoms with Gasteiger partial charge in [0.25, 0.3) is 11.8 Å². The quantitative estimate of drug-likeness (QED) is 0.385. The van der Waals surface area contributed by atoms with Crippen LogP contribution in [-0.4, -0.2) is 78.0 Å². The van der Waals surface area contributed by atoms with Gasteiger partial charge in [-0.25, -0.2) is 0 Å². The number of amides is 3. The van der Waals surface area contributed by atoms with Crippen LogP contribution in [0.4, 0.5) is 0 Å². The van der Waals surface area contributed by atoms with Gasteiger partial charge in [0.05, 0.1) is 42.7 Å². The van der Waals surface area contributed by atoms with Gasteiger partial charge in [0.1, 0.15) is 5.58 Å². The molecular weight excluding hydrogens is 532 g/mol. The second-order valence-corrected chi connectivity index (χ2v) is 10.2. The van der Waals surface area contributed by atoms with Crippen molar-refractivity contribution < 1.29 is 23.5 Å². The van der Waals surface area contributed by atoms with Crippen LogP contribution in [0.2, 0.25) is 0 Å². The summed E-state index contributed by atoms with van der Waals surface area (Å²) in [6.07, 6.45) is 4.25. The van der Waals surface area contributed by atoms with Crippen molar-refractivity contribution in [1.29, 1.82) is 0 Å². The average Bonchev–Trinajstić information content (AvgIpc) is 3.63. The van der Waals surface area contributed by atoms with Crippen LogP contribution in [0.5, 0.6) is 0 Å². The third-order valence-corrected chi connectivity index (χ3v) is 8.01. The molecule has 0 radical (unpaired) electrons. The number of para-hydroxylation sites is 2. The van der Waals surface area contributed by atoms with Crippen molar-refractivity contribution in [2.75, 3.05) is 45.9 Å². The maximum Gasteiger partial charge on any atom is 0.259 e. The number of nitrogens with one attached hydrogen (secondary N) is 1. The third-order valence-electron chi connectivity index (χ3n) is 8.01. The van der Waals surface area contributed by atoms with Crippen molar-refractivity contribution >= 4 is 63.1 Å². The first kappa shape index (κ1) is 26.3. The summed E-state index contributed by atoms with van der Waals surface area (Å²) in [6.45, 7) is 5.06. The molecule has 0 aliphatic carbocycles. The first-order valence-corrected chi connectivity index (χ1v) is 13.3. The van der Waals surface area contributed by atoms with Gasteiger partial charge in [-0.2, -0.15) is 0 Å². The fourth-order valence-electron chi connectivity index (χ4n) is 6.07. The molecule has 3 aliphatic rings. The van der Waals surface area contributed by atoms with E-state index in [0.29, 0.717) is 73.7 Å². The summed E-state index contributed by atoms with van der Waals surface area (Å²) in [4.78, 5) is 43.7. The van der Waals surface area contributed by atoms with Crippen LogP contribution >= 0.6 is 12.4 Å². The molecule has 1 fully saturated rings. The fourth-order valence-corrected chi connectivity index (χ4v) is 6.07. The number of hydrogen-bond donors (Lipinski definition) is 1. The highest BCUT2D eigenvalue weighted by molar-refractivity contribution is 6.50. The van der Waals surface area contributed by atoms with Gasteiger partial charge in [0.2, 0.25) is 5.91 Å². The molecule has 2 aromatic heterocycles. The molecule has 10 heteroatoms. The number of aromatic nitrogens is 1. The van der Waals surface area contributed by atoms with E-state index in [9.17, 15) is 14.4 Å². The average molecular weight is 561 g/mol. The van der Waals surface area contributed by atoms with Gasteiger partial charge in [0.15, 0.2) is 0 Å². The lowest BCUT2D eigenvalue weighted by Crippen LogP contribution is -2.46. The molecule has 0 bridgehead atoms. The Kier molecular flexibility index (Phi) is 6.95. The molecule has 0 unspecified atom stereocenters. The molecule has 3 amide bonds. The van der Waals surface area contributed by atoms with Crippen molar-refractivity contribution in [2.45, 2.75) is 13.0 Å². The number of hydrogen-bond acceptors (Lipinski definition) is 6. The minimum absolute atomic E-state index is 0. The number of benzene rings is 2. The smallest absolute Gasteiger partial charge is 0.259 e. The molecule has 0 atom stereocenters. The topological polar surface area (TPSA) is 97.0 Å². The highest BCUT2D eigenvalue weighted by Gasteiger charge is 2.35. The van der Waals surface area contributed by atoms with E-state index in [1.54, 1.807) is 6.26 Å². The van der Waals surface area contributed by atoms with Crippen LogP contribution in [0, 0.1) is 0 Å². The number of carbonyl (C=O) groups excluding carboxylic acids is 3. The van der Waals surface area contributed by atoms with E-state index in [1.165, 1.54) is 0 Å². The van der Waals surface area contributed by atoms with Crippen LogP contribution < -0.4 is 5.32 Å². The zero-order chi connectivity index (χ0) is 26.5. The number of ether oxygens (including phenoxy) is 1. The third kappa shape index (κ3) is 4.40. The molecule has 1 N–H and O–H groups in total. The monoisotopic (exact) mass is 560 g/mol. The Morgan fingerprint density at radius 1 is 0.875 bits per heavy atom. The number of rotatable bonds is 4. The van der Waals surface area contributed by atoms with Crippen molar-refractivity contribution in [3.05, 3.63) is 71.6 Å². The maximum absolute atomic E-state index is 13.3. The first-order valence-electron chi connectivity index (χ1n) is 13.3. The van der Waals surface area contributed by atoms with E-state index >= 15 is 0 Å². The minimum atomic E-state index is -0.430. The summed E-state index contributed by atoms with van der Waals surface area (Å²) in [5.74, 6) is -0.724. The number of nitrogens with zero attached hydrogens (tertiary/aromatic N) is 3. The van der Waals surface area contributed by atoms with Gasteiger partial charge in [-0.1, -0.05) is 36.4 Å². The molecular formula is C30H29ClN4O5. The Morgan fingerprint density at radius 2 is 1.65 bits per heavy atom. The standard InChI is InChI=1S/C30H28N4O5.ClH/c35-24(18-32-12-15-38-16-13-32)33-9-7-19-3-1-5-21-23(17-34(11-10-33)27(19)21)26-25(29(36)31-30(26)37)22-6-2-4-20-8-14-39-28(20)22;/h1-6,8,14,17H,7,9-13,15-16,18H2,(H,31,36,37);1H. The van der Waals surface area contributed by atoms with E-state index in [-0.39, 0.29) is 18.3 Å². The predicted molar refractivity (Wildman–Crippen MR) is 153 cm³/mol. The van der Waals surface area contributed by atoms with Gasteiger partial charge < -0.3 is 18.6 Å². The van der Waals surface area contributed by atoms with Gasteiger partial charge in [-0.05, 0) is 18.1 Å². The van der Waals surface area contributed by atoms with Crippen molar-refractivity contribution in [3.63, 3.8) is 0 Å². The highest BCUT2D eigenvalue weighted by Crippen LogP contribution is 2.39. The molecule has 40 heavy (non-hydrogen) atoms. The van der Waals surface area contributed by atoms with E-state index in [0.717, 1.165) is 34.9 Å². The van der Waals surface area contributed by atoms with E-state index in [1.807, 2.05) is 47.5 Å². The highest BCUT2D eigenvalue weighted by atomic mass is 35.5. The van der Waals surface area contributed by atoms with Gasteiger partial charge >= 0.3 is 0 Å². The second-order valence-electron chi connectivity index (χ2n) is 10.2. The SMILES string of the molecule is Cl.O=C1NC(=O)C(c2cccc3ccoc23)=C1c1cn2c3c(cccc13)CCN(C(=O)CN1CCOCC1)CC2. The summed E-state index contributed by atoms with van der Waals surface area (Å²) in [6, 6.07) is 13.5. The lowest BCUT2D eigenvalue weighted by atomic mass is 9.94. The van der Waals surface area contributed by atoms with E-state index in [2.05, 4.69) is 20.9 Å². The van der Waals surface area contributed by atoms with Crippen LogP contribution in [0.1, 0.15) is 16.7 Å². The molecule has 5 heterocycles. The van der Waals surface area contributed by atoms with E-state index in [4.69, 9.17) is 9.15 Å². The van der Waals surface area contributed by atoms with E-state index < -0.39 is 11.8 Å². The number of morpholine rings is 1. The van der Waals surface area contributed by atoms with Gasteiger partial charge in [0, 0.05) is 60.8 Å². The Balaban J connectivity index is 0.00000289. The molecule has 0 spiro atoms. The lowest BCUT2D eigenvalue weighted by molar-refractivity contribution is -0.133. The van der Waals surface area contributed by atoms with Crippen LogP contribution in [0.3, 0.4) is 0 Å². The van der Waals surface area contributed by atoms with Crippen LogP contribution in [-0.2, 0) is 32.1 Å². The lowest BCUT2D eigenvalue weighted by Gasteiger charge is -2.31. The number of carbonyl (C=O) groups is 3. The Bertz CT molecular complexity index is 1680. The number of halogens is 1. The first-order chi connectivity index (χ1) is 19.1. The summed E-state index contributed by atoms with van der Waals surface area (Å²) < 4.78 is 13.3.